The Hall–Kier alpha value is -6.02. The number of hydrogen-bond acceptors (Lipinski definition) is 19. The number of carboxylic acids is 4. The van der Waals surface area contributed by atoms with Crippen molar-refractivity contribution in [2.45, 2.75) is 51.1 Å². The molecule has 4 aromatic rings. The number of nitrogens with zero attached hydrogens (tertiary/aromatic N) is 9. The van der Waals surface area contributed by atoms with E-state index in [1.807, 2.05) is 42.3 Å². The number of amides is 2. The third kappa shape index (κ3) is 22.5. The van der Waals surface area contributed by atoms with Crippen LogP contribution in [-0.4, -0.2) is 298 Å². The number of rotatable bonds is 30. The monoisotopic (exact) mass is 1290 g/mol. The number of piperazine rings is 1. The van der Waals surface area contributed by atoms with Crippen molar-refractivity contribution >= 4 is 89.6 Å². The van der Waals surface area contributed by atoms with E-state index in [-0.39, 0.29) is 162 Å². The Balaban J connectivity index is 0.0000121. The van der Waals surface area contributed by atoms with Crippen LogP contribution in [0.1, 0.15) is 37.7 Å². The van der Waals surface area contributed by atoms with Gasteiger partial charge in [0.1, 0.15) is 23.5 Å². The van der Waals surface area contributed by atoms with Gasteiger partial charge in [0.15, 0.2) is 0 Å². The van der Waals surface area contributed by atoms with Gasteiger partial charge in [-0.15, -0.1) is 0 Å². The van der Waals surface area contributed by atoms with Gasteiger partial charge in [-0.1, -0.05) is 17.7 Å². The number of aryl methyl sites for hydroxylation is 1. The molecule has 3 saturated heterocycles. The molecule has 7 rings (SSSR count). The summed E-state index contributed by atoms with van der Waals surface area (Å²) in [6, 6.07) is 9.48. The average Bonchev–Trinajstić information content (AvgIpc) is 1.80. The van der Waals surface area contributed by atoms with Crippen molar-refractivity contribution in [3.8, 4) is 22.5 Å². The summed E-state index contributed by atoms with van der Waals surface area (Å²) in [5.41, 5.74) is 11.9. The first-order valence-electron chi connectivity index (χ1n) is 29.3. The molecule has 475 valence electrons. The van der Waals surface area contributed by atoms with Crippen LogP contribution in [0.4, 0.5) is 15.9 Å². The van der Waals surface area contributed by atoms with Gasteiger partial charge in [0.05, 0.1) is 101 Å². The molecule has 2 aromatic heterocycles. The van der Waals surface area contributed by atoms with E-state index in [2.05, 4.69) is 20.1 Å². The van der Waals surface area contributed by atoms with E-state index in [9.17, 15) is 49.2 Å². The molecule has 8 N–H and O–H groups in total. The van der Waals surface area contributed by atoms with Gasteiger partial charge in [0, 0.05) is 147 Å². The molecule has 26 nitrogen and oxygen atoms in total. The summed E-state index contributed by atoms with van der Waals surface area (Å²) in [4.78, 5) is 99.9. The summed E-state index contributed by atoms with van der Waals surface area (Å²) in [5.74, 6) is -3.89. The number of carbonyl (C=O) groups excluding carboxylic acids is 2. The van der Waals surface area contributed by atoms with Crippen LogP contribution in [0, 0.1) is 12.7 Å². The zero-order valence-corrected chi connectivity index (χ0v) is 52.6. The maximum absolute atomic E-state index is 15.0. The molecule has 0 bridgehead atoms. The van der Waals surface area contributed by atoms with Gasteiger partial charge in [0.2, 0.25) is 11.8 Å². The summed E-state index contributed by atoms with van der Waals surface area (Å²) in [7, 11) is 0. The van der Waals surface area contributed by atoms with Crippen molar-refractivity contribution in [2.24, 2.45) is 5.73 Å². The molecular weight excluding hydrogens is 1210 g/mol. The molecule has 0 aliphatic carbocycles. The second-order valence-corrected chi connectivity index (χ2v) is 22.1. The SMILES string of the molecule is Cc1cc(F)cc(-c2cnc(N3CCN(C(=O)CCOCCOCCOCCOCCNC(=O)CCC(C(=O)O)N4CCN(CC(=O)O)CCN(CC(=O)O)CCN(CC(=O)O)CC4)CC3)c(-c3nc4cc(Cl)ccc4[nH]3)c2N2CCC(N)CC2)c1.[Ga]. The molecule has 2 amide bonds. The number of carbonyl (C=O) groups is 6. The van der Waals surface area contributed by atoms with Gasteiger partial charge in [-0.2, -0.15) is 0 Å². The van der Waals surface area contributed by atoms with Crippen molar-refractivity contribution in [1.29, 1.82) is 0 Å². The molecule has 2 aromatic carbocycles. The standard InChI is InChI=1S/C58H82ClFN12O14.Ga/c1-40-32-41(34-43(60)33-40)45-36-63-57(54(55(45)71-10-6-44(61)7-11-71)56-64-46-3-2-42(59)35-47(46)65-56)72-22-20-70(21-23-72)50(74)8-24-83-26-28-85-30-31-86-29-27-84-25-9-62-49(73)5-4-48(58(81)82)69-18-16-67(38-52(77)78)14-12-66(37-51(75)76)13-15-68(17-19-69)39-53(79)80;/h2-3,32-36,44,48H,4-31,37-39,61H2,1H3,(H,62,73)(H,64,65)(H,75,76)(H,77,78)(H,79,80)(H,81,82);. The number of ether oxygens (including phenoxy) is 4. The third-order valence-electron chi connectivity index (χ3n) is 15.3. The second kappa shape index (κ2) is 35.8. The number of anilines is 2. The first kappa shape index (κ1) is 70.1. The maximum Gasteiger partial charge on any atom is 0.320 e. The van der Waals surface area contributed by atoms with Crippen LogP contribution in [0.15, 0.2) is 42.6 Å². The van der Waals surface area contributed by atoms with Crippen LogP contribution in [0.5, 0.6) is 0 Å². The fourth-order valence-electron chi connectivity index (χ4n) is 10.8. The molecule has 3 radical (unpaired) electrons. The number of aromatic amines is 1. The van der Waals surface area contributed by atoms with Crippen molar-refractivity contribution in [3.05, 3.63) is 59.0 Å². The van der Waals surface area contributed by atoms with Crippen molar-refractivity contribution in [3.63, 3.8) is 0 Å². The normalized spacial score (nSPS) is 16.9. The first-order valence-corrected chi connectivity index (χ1v) is 29.6. The number of hydrogen-bond donors (Lipinski definition) is 7. The van der Waals surface area contributed by atoms with Crippen LogP contribution in [-0.2, 0) is 47.7 Å². The Morgan fingerprint density at radius 2 is 1.25 bits per heavy atom. The van der Waals surface area contributed by atoms with Crippen LogP contribution < -0.4 is 20.9 Å². The van der Waals surface area contributed by atoms with E-state index in [1.54, 1.807) is 19.6 Å². The van der Waals surface area contributed by atoms with E-state index in [1.165, 1.54) is 12.1 Å². The van der Waals surface area contributed by atoms with Crippen LogP contribution in [0.25, 0.3) is 33.5 Å². The Morgan fingerprint density at radius 1 is 0.701 bits per heavy atom. The third-order valence-corrected chi connectivity index (χ3v) is 15.6. The number of pyridine rings is 1. The van der Waals surface area contributed by atoms with E-state index in [4.69, 9.17) is 46.3 Å². The quantitative estimate of drug-likeness (QED) is 0.0289. The smallest absolute Gasteiger partial charge is 0.320 e. The molecule has 3 aliphatic rings. The summed E-state index contributed by atoms with van der Waals surface area (Å²) in [5, 5.41) is 42.0. The Labute approximate surface area is 523 Å². The Morgan fingerprint density at radius 3 is 1.80 bits per heavy atom. The Kier molecular flexibility index (Phi) is 28.9. The molecular formula is C58H82ClFGaN12O14. The van der Waals surface area contributed by atoms with Gasteiger partial charge in [-0.3, -0.25) is 48.4 Å². The average molecular weight is 1300 g/mol. The van der Waals surface area contributed by atoms with Gasteiger partial charge >= 0.3 is 23.9 Å². The number of H-pyrrole nitrogens is 1. The van der Waals surface area contributed by atoms with Gasteiger partial charge in [0.25, 0.3) is 0 Å². The van der Waals surface area contributed by atoms with Crippen LogP contribution >= 0.6 is 11.6 Å². The molecule has 3 fully saturated rings. The van der Waals surface area contributed by atoms with Crippen molar-refractivity contribution in [2.75, 3.05) is 180 Å². The fraction of sp³-hybridized carbons (Fsp3) is 0.586. The number of aliphatic carboxylic acids is 4. The number of fused-ring (bicyclic) bond motifs is 1. The number of nitrogens with one attached hydrogen (secondary N) is 2. The Bertz CT molecular complexity index is 2850. The van der Waals surface area contributed by atoms with E-state index in [0.717, 1.165) is 40.7 Å². The number of imidazole rings is 1. The molecule has 29 heteroatoms. The number of benzene rings is 2. The molecule has 0 saturated carbocycles. The largest absolute Gasteiger partial charge is 0.480 e. The van der Waals surface area contributed by atoms with Crippen LogP contribution in [0.2, 0.25) is 5.02 Å². The molecule has 1 unspecified atom stereocenters. The zero-order chi connectivity index (χ0) is 61.5. The predicted molar refractivity (Wildman–Crippen MR) is 324 cm³/mol. The minimum atomic E-state index is -1.18. The van der Waals surface area contributed by atoms with Crippen molar-refractivity contribution < 1.29 is 72.5 Å². The topological polar surface area (TPSA) is 323 Å². The number of piperidine rings is 1. The number of nitrogens with two attached hydrogens (primary N) is 1. The van der Waals surface area contributed by atoms with Crippen molar-refractivity contribution in [1.82, 2.24) is 44.8 Å². The molecule has 1 atom stereocenters. The minimum Gasteiger partial charge on any atom is -0.480 e. The molecule has 3 aliphatic heterocycles. The minimum absolute atomic E-state index is 0. The van der Waals surface area contributed by atoms with E-state index >= 15 is 4.39 Å². The van der Waals surface area contributed by atoms with E-state index < -0.39 is 35.8 Å². The zero-order valence-electron chi connectivity index (χ0n) is 49.4. The molecule has 5 heterocycles. The van der Waals surface area contributed by atoms with E-state index in [0.29, 0.717) is 93.4 Å². The van der Waals surface area contributed by atoms with Gasteiger partial charge in [-0.05, 0) is 67.6 Å². The second-order valence-electron chi connectivity index (χ2n) is 21.7. The fourth-order valence-corrected chi connectivity index (χ4v) is 11.0. The summed E-state index contributed by atoms with van der Waals surface area (Å²) in [6.45, 7) is 7.86. The summed E-state index contributed by atoms with van der Waals surface area (Å²) >= 11 is 6.40. The number of halogens is 2. The van der Waals surface area contributed by atoms with Gasteiger partial charge < -0.3 is 70.1 Å². The summed E-state index contributed by atoms with van der Waals surface area (Å²) in [6.07, 6.45) is 3.42. The van der Waals surface area contributed by atoms with Gasteiger partial charge in [-0.25, -0.2) is 14.4 Å². The number of aromatic nitrogens is 3. The predicted octanol–water partition coefficient (Wildman–Crippen LogP) is 1.87. The first-order chi connectivity index (χ1) is 41.4. The molecule has 0 spiro atoms. The maximum atomic E-state index is 15.0. The summed E-state index contributed by atoms with van der Waals surface area (Å²) < 4.78 is 37.5. The molecule has 87 heavy (non-hydrogen) atoms. The number of carboxylic acid groups (broad SMARTS) is 4. The van der Waals surface area contributed by atoms with Crippen LogP contribution in [0.3, 0.4) is 0 Å².